The fraction of sp³-hybridized carbons (Fsp3) is 0.385. The van der Waals surface area contributed by atoms with E-state index in [1.54, 1.807) is 19.9 Å². The Kier molecular flexibility index (Phi) is 5.25. The summed E-state index contributed by atoms with van der Waals surface area (Å²) in [6, 6.07) is 6.99. The van der Waals surface area contributed by atoms with Crippen molar-refractivity contribution in [3.8, 4) is 6.07 Å². The summed E-state index contributed by atoms with van der Waals surface area (Å²) in [6.07, 6.45) is -0.892. The van der Waals surface area contributed by atoms with Gasteiger partial charge in [0, 0.05) is 6.04 Å². The number of hydrogen-bond donors (Lipinski definition) is 1. The predicted molar refractivity (Wildman–Crippen MR) is 72.4 cm³/mol. The number of ether oxygens (including phenoxy) is 1. The smallest absolute Gasteiger partial charge is 0.339 e. The molecule has 0 aliphatic carbocycles. The van der Waals surface area contributed by atoms with Crippen LogP contribution in [0.1, 0.15) is 31.1 Å². The molecule has 1 aromatic carbocycles. The van der Waals surface area contributed by atoms with Gasteiger partial charge in [-0.05, 0) is 39.0 Å². The Morgan fingerprint density at radius 1 is 1.35 bits per heavy atom. The molecule has 6 nitrogen and oxygen atoms in total. The number of hydrogen-bond acceptors (Lipinski definition) is 5. The number of rotatable bonds is 5. The van der Waals surface area contributed by atoms with E-state index in [0.717, 1.165) is 0 Å². The fourth-order valence-corrected chi connectivity index (χ4v) is 2.72. The highest BCUT2D eigenvalue weighted by molar-refractivity contribution is 7.89. The first-order chi connectivity index (χ1) is 9.26. The van der Waals surface area contributed by atoms with E-state index in [4.69, 9.17) is 10.00 Å². The van der Waals surface area contributed by atoms with Crippen LogP contribution in [-0.2, 0) is 14.8 Å². The monoisotopic (exact) mass is 296 g/mol. The number of nitriles is 1. The van der Waals surface area contributed by atoms with Crippen LogP contribution >= 0.6 is 0 Å². The summed E-state index contributed by atoms with van der Waals surface area (Å²) in [6.45, 7) is 4.83. The maximum atomic E-state index is 12.0. The summed E-state index contributed by atoms with van der Waals surface area (Å²) in [4.78, 5) is 11.7. The van der Waals surface area contributed by atoms with Gasteiger partial charge in [-0.15, -0.1) is 0 Å². The molecule has 1 N–H and O–H groups in total. The van der Waals surface area contributed by atoms with Gasteiger partial charge in [-0.2, -0.15) is 5.26 Å². The first-order valence-electron chi connectivity index (χ1n) is 5.99. The third-order valence-electron chi connectivity index (χ3n) is 2.24. The standard InChI is InChI=1S/C13H16N2O4S/c1-9(2)15-20(17,18)12-6-4-5-11(7-12)13(16)19-10(3)8-14/h4-7,9-10,15H,1-3H3. The highest BCUT2D eigenvalue weighted by Gasteiger charge is 2.18. The number of benzene rings is 1. The van der Waals surface area contributed by atoms with E-state index in [9.17, 15) is 13.2 Å². The molecule has 108 valence electrons. The molecule has 0 saturated carbocycles. The molecule has 0 bridgehead atoms. The Bertz CT molecular complexity index is 632. The zero-order valence-electron chi connectivity index (χ0n) is 11.5. The van der Waals surface area contributed by atoms with Crippen molar-refractivity contribution in [2.45, 2.75) is 37.8 Å². The average molecular weight is 296 g/mol. The average Bonchev–Trinajstić information content (AvgIpc) is 2.37. The first-order valence-corrected chi connectivity index (χ1v) is 7.47. The minimum absolute atomic E-state index is 0.0229. The number of esters is 1. The summed E-state index contributed by atoms with van der Waals surface area (Å²) in [5.74, 6) is -0.736. The molecule has 0 aliphatic heterocycles. The first kappa shape index (κ1) is 16.1. The van der Waals surface area contributed by atoms with Crippen LogP contribution in [0.25, 0.3) is 0 Å². The van der Waals surface area contributed by atoms with Gasteiger partial charge in [0.05, 0.1) is 10.5 Å². The lowest BCUT2D eigenvalue weighted by Gasteiger charge is -2.11. The SMILES string of the molecule is CC(C)NS(=O)(=O)c1cccc(C(=O)OC(C)C#N)c1. The maximum absolute atomic E-state index is 12.0. The van der Waals surface area contributed by atoms with E-state index < -0.39 is 22.1 Å². The maximum Gasteiger partial charge on any atom is 0.339 e. The van der Waals surface area contributed by atoms with E-state index in [1.165, 1.54) is 31.2 Å². The highest BCUT2D eigenvalue weighted by atomic mass is 32.2. The van der Waals surface area contributed by atoms with Crippen LogP contribution in [0.3, 0.4) is 0 Å². The number of carbonyl (C=O) groups excluding carboxylic acids is 1. The molecule has 20 heavy (non-hydrogen) atoms. The van der Waals surface area contributed by atoms with Gasteiger partial charge in [0.15, 0.2) is 6.10 Å². The summed E-state index contributed by atoms with van der Waals surface area (Å²) in [5, 5.41) is 8.58. The van der Waals surface area contributed by atoms with Crippen LogP contribution in [0.4, 0.5) is 0 Å². The molecule has 0 spiro atoms. The van der Waals surface area contributed by atoms with E-state index in [-0.39, 0.29) is 16.5 Å². The molecule has 1 unspecified atom stereocenters. The number of nitrogens with one attached hydrogen (secondary N) is 1. The van der Waals surface area contributed by atoms with Crippen molar-refractivity contribution in [3.63, 3.8) is 0 Å². The largest absolute Gasteiger partial charge is 0.444 e. The molecule has 0 heterocycles. The van der Waals surface area contributed by atoms with Gasteiger partial charge in [-0.25, -0.2) is 17.9 Å². The normalized spacial score (nSPS) is 12.8. The molecular weight excluding hydrogens is 280 g/mol. The minimum atomic E-state index is -3.67. The van der Waals surface area contributed by atoms with Crippen molar-refractivity contribution in [1.29, 1.82) is 5.26 Å². The van der Waals surface area contributed by atoms with Gasteiger partial charge in [0.1, 0.15) is 6.07 Å². The van der Waals surface area contributed by atoms with Crippen molar-refractivity contribution in [1.82, 2.24) is 4.72 Å². The molecule has 0 aromatic heterocycles. The van der Waals surface area contributed by atoms with Crippen molar-refractivity contribution in [2.75, 3.05) is 0 Å². The Hall–Kier alpha value is -1.91. The van der Waals surface area contributed by atoms with Gasteiger partial charge >= 0.3 is 5.97 Å². The Balaban J connectivity index is 3.03. The van der Waals surface area contributed by atoms with Crippen molar-refractivity contribution >= 4 is 16.0 Å². The summed E-state index contributed by atoms with van der Waals surface area (Å²) >= 11 is 0. The predicted octanol–water partition coefficient (Wildman–Crippen LogP) is 1.44. The lowest BCUT2D eigenvalue weighted by Crippen LogP contribution is -2.30. The van der Waals surface area contributed by atoms with Crippen LogP contribution in [0.5, 0.6) is 0 Å². The zero-order valence-corrected chi connectivity index (χ0v) is 12.3. The molecule has 0 radical (unpaired) electrons. The Morgan fingerprint density at radius 2 is 2.00 bits per heavy atom. The number of carbonyl (C=O) groups is 1. The molecule has 1 aromatic rings. The van der Waals surface area contributed by atoms with Crippen LogP contribution in [-0.4, -0.2) is 26.5 Å². The molecule has 1 rings (SSSR count). The molecule has 0 amide bonds. The van der Waals surface area contributed by atoms with Gasteiger partial charge in [0.25, 0.3) is 0 Å². The summed E-state index contributed by atoms with van der Waals surface area (Å²) < 4.78 is 31.2. The number of nitrogens with zero attached hydrogens (tertiary/aromatic N) is 1. The van der Waals surface area contributed by atoms with Crippen LogP contribution < -0.4 is 4.72 Å². The van der Waals surface area contributed by atoms with Crippen LogP contribution in [0, 0.1) is 11.3 Å². The lowest BCUT2D eigenvalue weighted by molar-refractivity contribution is 0.0435. The molecule has 0 fully saturated rings. The van der Waals surface area contributed by atoms with Gasteiger partial charge in [0.2, 0.25) is 10.0 Å². The summed E-state index contributed by atoms with van der Waals surface area (Å²) in [7, 11) is -3.67. The van der Waals surface area contributed by atoms with Crippen molar-refractivity contribution in [2.24, 2.45) is 0 Å². The molecule has 0 saturated heterocycles. The van der Waals surface area contributed by atoms with E-state index in [1.807, 2.05) is 0 Å². The molecule has 7 heteroatoms. The van der Waals surface area contributed by atoms with Crippen molar-refractivity contribution < 1.29 is 17.9 Å². The third kappa shape index (κ3) is 4.33. The second-order valence-electron chi connectivity index (χ2n) is 4.48. The Labute approximate surface area is 118 Å². The van der Waals surface area contributed by atoms with Gasteiger partial charge < -0.3 is 4.74 Å². The van der Waals surface area contributed by atoms with Crippen molar-refractivity contribution in [3.05, 3.63) is 29.8 Å². The summed E-state index contributed by atoms with van der Waals surface area (Å²) in [5.41, 5.74) is 0.0822. The fourth-order valence-electron chi connectivity index (χ4n) is 1.42. The second-order valence-corrected chi connectivity index (χ2v) is 6.19. The minimum Gasteiger partial charge on any atom is -0.444 e. The lowest BCUT2D eigenvalue weighted by atomic mass is 10.2. The Morgan fingerprint density at radius 3 is 2.55 bits per heavy atom. The van der Waals surface area contributed by atoms with E-state index in [0.29, 0.717) is 0 Å². The molecular formula is C13H16N2O4S. The topological polar surface area (TPSA) is 96.3 Å². The highest BCUT2D eigenvalue weighted by Crippen LogP contribution is 2.13. The third-order valence-corrected chi connectivity index (χ3v) is 3.89. The van der Waals surface area contributed by atoms with Gasteiger partial charge in [-0.3, -0.25) is 0 Å². The van der Waals surface area contributed by atoms with Gasteiger partial charge in [-0.1, -0.05) is 6.07 Å². The molecule has 0 aliphatic rings. The molecule has 1 atom stereocenters. The zero-order chi connectivity index (χ0) is 15.3. The second kappa shape index (κ2) is 6.50. The van der Waals surface area contributed by atoms with Crippen LogP contribution in [0.15, 0.2) is 29.2 Å². The van der Waals surface area contributed by atoms with E-state index >= 15 is 0 Å². The number of sulfonamides is 1. The van der Waals surface area contributed by atoms with Crippen LogP contribution in [0.2, 0.25) is 0 Å². The van der Waals surface area contributed by atoms with E-state index in [2.05, 4.69) is 4.72 Å². The quantitative estimate of drug-likeness (QED) is 0.829.